The number of fused-ring (bicyclic) bond motifs is 2. The minimum Gasteiger partial charge on any atom is -0.481 e. The minimum atomic E-state index is -0.695. The number of benzene rings is 3. The lowest BCUT2D eigenvalue weighted by Gasteiger charge is -2.19. The molecule has 0 radical (unpaired) electrons. The van der Waals surface area contributed by atoms with Crippen LogP contribution < -0.4 is 0 Å². The van der Waals surface area contributed by atoms with Crippen LogP contribution in [0.25, 0.3) is 21.5 Å². The molecule has 4 nitrogen and oxygen atoms in total. The molecule has 200 valence electrons. The van der Waals surface area contributed by atoms with Crippen LogP contribution >= 0.6 is 0 Å². The normalized spacial score (nSPS) is 12.1. The smallest absolute Gasteiger partial charge is 0.339 e. The average Bonchev–Trinajstić information content (AvgIpc) is 2.90. The van der Waals surface area contributed by atoms with Gasteiger partial charge in [0.1, 0.15) is 6.10 Å². The summed E-state index contributed by atoms with van der Waals surface area (Å²) in [5, 5.41) is 13.0. The van der Waals surface area contributed by atoms with E-state index in [0.717, 1.165) is 67.5 Å². The summed E-state index contributed by atoms with van der Waals surface area (Å²) in [4.78, 5) is 23.9. The Balaban J connectivity index is 1.52. The summed E-state index contributed by atoms with van der Waals surface area (Å²) in [5.74, 6) is -0.901. The van der Waals surface area contributed by atoms with E-state index in [1.54, 1.807) is 0 Å². The highest BCUT2D eigenvalue weighted by Crippen LogP contribution is 2.27. The lowest BCUT2D eigenvalue weighted by Crippen LogP contribution is -2.19. The molecule has 3 aromatic rings. The number of carbonyl (C=O) groups is 2. The van der Waals surface area contributed by atoms with Crippen LogP contribution in [0.5, 0.6) is 0 Å². The first kappa shape index (κ1) is 28.7. The van der Waals surface area contributed by atoms with E-state index < -0.39 is 5.97 Å². The van der Waals surface area contributed by atoms with E-state index in [9.17, 15) is 9.59 Å². The summed E-state index contributed by atoms with van der Waals surface area (Å²) in [6.45, 7) is 2.22. The average molecular weight is 505 g/mol. The topological polar surface area (TPSA) is 63.6 Å². The van der Waals surface area contributed by atoms with Gasteiger partial charge in [0.25, 0.3) is 0 Å². The molecule has 0 aliphatic rings. The number of carbonyl (C=O) groups excluding carboxylic acids is 1. The zero-order chi connectivity index (χ0) is 26.3. The molecule has 1 N–H and O–H groups in total. The van der Waals surface area contributed by atoms with Gasteiger partial charge >= 0.3 is 11.9 Å². The van der Waals surface area contributed by atoms with E-state index in [4.69, 9.17) is 9.84 Å². The number of rotatable bonds is 18. The van der Waals surface area contributed by atoms with Crippen LogP contribution in [0.1, 0.15) is 114 Å². The fourth-order valence-corrected chi connectivity index (χ4v) is 5.13. The summed E-state index contributed by atoms with van der Waals surface area (Å²) in [6, 6.07) is 18.4. The van der Waals surface area contributed by atoms with Crippen molar-refractivity contribution in [2.75, 3.05) is 0 Å². The van der Waals surface area contributed by atoms with E-state index in [1.807, 2.05) is 24.3 Å². The second-order valence-electron chi connectivity index (χ2n) is 10.4. The molecule has 0 saturated carbocycles. The number of hydrogen-bond acceptors (Lipinski definition) is 3. The van der Waals surface area contributed by atoms with Gasteiger partial charge in [-0.25, -0.2) is 4.79 Å². The van der Waals surface area contributed by atoms with Crippen molar-refractivity contribution in [1.29, 1.82) is 0 Å². The molecule has 0 bridgehead atoms. The van der Waals surface area contributed by atoms with Crippen molar-refractivity contribution in [3.8, 4) is 0 Å². The summed E-state index contributed by atoms with van der Waals surface area (Å²) >= 11 is 0. The van der Waals surface area contributed by atoms with Crippen molar-refractivity contribution in [3.05, 3.63) is 60.2 Å². The fraction of sp³-hybridized carbons (Fsp3) is 0.515. The van der Waals surface area contributed by atoms with Gasteiger partial charge in [-0.05, 0) is 71.8 Å². The predicted molar refractivity (Wildman–Crippen MR) is 153 cm³/mol. The van der Waals surface area contributed by atoms with E-state index in [2.05, 4.69) is 37.3 Å². The van der Waals surface area contributed by atoms with Gasteiger partial charge in [0.2, 0.25) is 0 Å². The van der Waals surface area contributed by atoms with Gasteiger partial charge in [0.05, 0.1) is 5.56 Å². The third-order valence-corrected chi connectivity index (χ3v) is 7.29. The second kappa shape index (κ2) is 16.1. The van der Waals surface area contributed by atoms with Crippen molar-refractivity contribution < 1.29 is 19.4 Å². The second-order valence-corrected chi connectivity index (χ2v) is 10.4. The molecule has 3 aromatic carbocycles. The SMILES string of the molecule is CCCCCCC(CCCCCCCCCCC(=O)O)OC(=O)c1cccc2cc3ccccc3cc12. The predicted octanol–water partition coefficient (Wildman–Crippen LogP) is 9.47. The number of carboxylic acids is 1. The fourth-order valence-electron chi connectivity index (χ4n) is 5.13. The monoisotopic (exact) mass is 504 g/mol. The maximum Gasteiger partial charge on any atom is 0.339 e. The molecule has 0 saturated heterocycles. The highest BCUT2D eigenvalue weighted by molar-refractivity contribution is 6.08. The molecule has 3 rings (SSSR count). The van der Waals surface area contributed by atoms with Crippen LogP contribution in [0.4, 0.5) is 0 Å². The zero-order valence-electron chi connectivity index (χ0n) is 22.6. The first-order chi connectivity index (χ1) is 18.1. The Bertz CT molecular complexity index is 1120. The summed E-state index contributed by atoms with van der Waals surface area (Å²) in [6.07, 6.45) is 15.5. The van der Waals surface area contributed by atoms with Crippen molar-refractivity contribution >= 4 is 33.5 Å². The van der Waals surface area contributed by atoms with Gasteiger partial charge in [-0.3, -0.25) is 4.79 Å². The lowest BCUT2D eigenvalue weighted by atomic mass is 9.99. The largest absolute Gasteiger partial charge is 0.481 e. The van der Waals surface area contributed by atoms with Gasteiger partial charge in [-0.2, -0.15) is 0 Å². The summed E-state index contributed by atoms with van der Waals surface area (Å²) < 4.78 is 6.14. The van der Waals surface area contributed by atoms with Crippen LogP contribution in [0.2, 0.25) is 0 Å². The van der Waals surface area contributed by atoms with Gasteiger partial charge < -0.3 is 9.84 Å². The Morgan fingerprint density at radius 1 is 0.703 bits per heavy atom. The molecule has 1 unspecified atom stereocenters. The number of hydrogen-bond donors (Lipinski definition) is 1. The molecule has 4 heteroatoms. The Labute approximate surface area is 222 Å². The molecule has 0 heterocycles. The first-order valence-corrected chi connectivity index (χ1v) is 14.4. The van der Waals surface area contributed by atoms with E-state index in [-0.39, 0.29) is 18.5 Å². The molecule has 0 aliphatic carbocycles. The summed E-state index contributed by atoms with van der Waals surface area (Å²) in [7, 11) is 0. The molecular formula is C33H44O4. The lowest BCUT2D eigenvalue weighted by molar-refractivity contribution is -0.137. The third kappa shape index (κ3) is 9.83. The number of esters is 1. The molecular weight excluding hydrogens is 460 g/mol. The van der Waals surface area contributed by atoms with E-state index in [1.165, 1.54) is 43.9 Å². The Hall–Kier alpha value is -2.88. The molecule has 0 aliphatic heterocycles. The highest BCUT2D eigenvalue weighted by atomic mass is 16.5. The van der Waals surface area contributed by atoms with Crippen LogP contribution in [-0.4, -0.2) is 23.1 Å². The number of ether oxygens (including phenoxy) is 1. The Morgan fingerprint density at radius 3 is 1.92 bits per heavy atom. The Kier molecular flexibility index (Phi) is 12.5. The van der Waals surface area contributed by atoms with Gasteiger partial charge in [0, 0.05) is 6.42 Å². The molecule has 0 spiro atoms. The van der Waals surface area contributed by atoms with Crippen LogP contribution in [0.15, 0.2) is 54.6 Å². The van der Waals surface area contributed by atoms with Crippen molar-refractivity contribution in [2.45, 2.75) is 109 Å². The van der Waals surface area contributed by atoms with Crippen molar-refractivity contribution in [2.24, 2.45) is 0 Å². The first-order valence-electron chi connectivity index (χ1n) is 14.4. The number of aliphatic carboxylic acids is 1. The summed E-state index contributed by atoms with van der Waals surface area (Å²) in [5.41, 5.74) is 0.657. The van der Waals surface area contributed by atoms with Crippen LogP contribution in [-0.2, 0) is 9.53 Å². The van der Waals surface area contributed by atoms with Gasteiger partial charge in [-0.15, -0.1) is 0 Å². The zero-order valence-corrected chi connectivity index (χ0v) is 22.6. The maximum atomic E-state index is 13.3. The molecule has 0 fully saturated rings. The van der Waals surface area contributed by atoms with Gasteiger partial charge in [0.15, 0.2) is 0 Å². The van der Waals surface area contributed by atoms with Crippen LogP contribution in [0, 0.1) is 0 Å². The molecule has 0 aromatic heterocycles. The molecule has 1 atom stereocenters. The molecule has 0 amide bonds. The maximum absolute atomic E-state index is 13.3. The van der Waals surface area contributed by atoms with Crippen molar-refractivity contribution in [1.82, 2.24) is 0 Å². The quantitative estimate of drug-likeness (QED) is 0.106. The Morgan fingerprint density at radius 2 is 1.27 bits per heavy atom. The third-order valence-electron chi connectivity index (χ3n) is 7.29. The minimum absolute atomic E-state index is 0.0314. The number of unbranched alkanes of at least 4 members (excludes halogenated alkanes) is 10. The standard InChI is InChI=1S/C33H44O4/c1-2-3-4-11-20-29(21-12-9-7-5-6-8-10-13-23-32(34)35)37-33(36)30-22-16-19-28-24-26-17-14-15-18-27(26)25-31(28)30/h14-19,22,24-25,29H,2-13,20-21,23H2,1H3,(H,34,35). The van der Waals surface area contributed by atoms with E-state index in [0.29, 0.717) is 5.56 Å². The van der Waals surface area contributed by atoms with Gasteiger partial charge in [-0.1, -0.05) is 101 Å². The van der Waals surface area contributed by atoms with Crippen molar-refractivity contribution in [3.63, 3.8) is 0 Å². The van der Waals surface area contributed by atoms with E-state index >= 15 is 0 Å². The highest BCUT2D eigenvalue weighted by Gasteiger charge is 2.18. The van der Waals surface area contributed by atoms with Crippen LogP contribution in [0.3, 0.4) is 0 Å². The number of carboxylic acid groups (broad SMARTS) is 1. The molecule has 37 heavy (non-hydrogen) atoms.